The fourth-order valence-electron chi connectivity index (χ4n) is 1.73. The van der Waals surface area contributed by atoms with Gasteiger partial charge in [-0.25, -0.2) is 0 Å². The molecule has 1 atom stereocenters. The van der Waals surface area contributed by atoms with Crippen LogP contribution in [-0.2, 0) is 4.74 Å². The van der Waals surface area contributed by atoms with Crippen molar-refractivity contribution in [2.24, 2.45) is 17.4 Å². The molecule has 0 aliphatic carbocycles. The minimum absolute atomic E-state index is 0.345. The second-order valence-electron chi connectivity index (χ2n) is 3.54. The summed E-state index contributed by atoms with van der Waals surface area (Å²) in [6, 6.07) is 0.345. The quantitative estimate of drug-likeness (QED) is 0.648. The van der Waals surface area contributed by atoms with Crippen LogP contribution in [-0.4, -0.2) is 25.8 Å². The largest absolute Gasteiger partial charge is 0.381 e. The number of hydrogen-bond acceptors (Lipinski definition) is 3. The topological polar surface area (TPSA) is 61.3 Å². The van der Waals surface area contributed by atoms with Crippen LogP contribution in [0.5, 0.6) is 0 Å². The first kappa shape index (κ1) is 9.96. The van der Waals surface area contributed by atoms with Crippen molar-refractivity contribution in [3.05, 3.63) is 0 Å². The molecule has 4 N–H and O–H groups in total. The van der Waals surface area contributed by atoms with Gasteiger partial charge in [-0.2, -0.15) is 0 Å². The third kappa shape index (κ3) is 3.09. The maximum Gasteiger partial charge on any atom is 0.0469 e. The molecule has 3 nitrogen and oxygen atoms in total. The molecule has 0 aromatic rings. The highest BCUT2D eigenvalue weighted by Crippen LogP contribution is 2.19. The van der Waals surface area contributed by atoms with Crippen molar-refractivity contribution in [3.63, 3.8) is 0 Å². The molecule has 1 saturated heterocycles. The molecule has 1 heterocycles. The zero-order chi connectivity index (χ0) is 8.81. The van der Waals surface area contributed by atoms with Gasteiger partial charge in [0.2, 0.25) is 0 Å². The molecule has 0 aromatic heterocycles. The smallest absolute Gasteiger partial charge is 0.0469 e. The molecule has 0 bridgehead atoms. The minimum Gasteiger partial charge on any atom is -0.381 e. The van der Waals surface area contributed by atoms with Crippen molar-refractivity contribution >= 4 is 0 Å². The van der Waals surface area contributed by atoms with Crippen molar-refractivity contribution < 1.29 is 4.74 Å². The average molecular weight is 172 g/mol. The van der Waals surface area contributed by atoms with Crippen molar-refractivity contribution in [2.45, 2.75) is 31.7 Å². The first-order valence-corrected chi connectivity index (χ1v) is 4.88. The van der Waals surface area contributed by atoms with Crippen molar-refractivity contribution in [1.82, 2.24) is 0 Å². The maximum atomic E-state index is 6.02. The highest BCUT2D eigenvalue weighted by atomic mass is 16.5. The van der Waals surface area contributed by atoms with E-state index in [2.05, 4.69) is 0 Å². The fourth-order valence-corrected chi connectivity index (χ4v) is 1.73. The maximum absolute atomic E-state index is 6.02. The zero-order valence-corrected chi connectivity index (χ0v) is 7.67. The van der Waals surface area contributed by atoms with Crippen LogP contribution in [0.2, 0.25) is 0 Å². The number of rotatable bonds is 4. The molecule has 3 heteroatoms. The summed E-state index contributed by atoms with van der Waals surface area (Å²) in [6.07, 6.45) is 4.39. The van der Waals surface area contributed by atoms with Gasteiger partial charge in [0, 0.05) is 19.3 Å². The SMILES string of the molecule is NCCCC(N)C1CCOCC1. The average Bonchev–Trinajstić information content (AvgIpc) is 2.15. The van der Waals surface area contributed by atoms with Gasteiger partial charge >= 0.3 is 0 Å². The van der Waals surface area contributed by atoms with Crippen molar-refractivity contribution in [1.29, 1.82) is 0 Å². The van der Waals surface area contributed by atoms with Gasteiger partial charge in [-0.1, -0.05) is 0 Å². The van der Waals surface area contributed by atoms with Gasteiger partial charge < -0.3 is 16.2 Å². The van der Waals surface area contributed by atoms with E-state index >= 15 is 0 Å². The molecule has 1 aliphatic rings. The lowest BCUT2D eigenvalue weighted by atomic mass is 9.90. The monoisotopic (exact) mass is 172 g/mol. The van der Waals surface area contributed by atoms with Crippen LogP contribution in [0.25, 0.3) is 0 Å². The van der Waals surface area contributed by atoms with E-state index in [-0.39, 0.29) is 0 Å². The Hall–Kier alpha value is -0.120. The van der Waals surface area contributed by atoms with Gasteiger partial charge in [-0.3, -0.25) is 0 Å². The lowest BCUT2D eigenvalue weighted by Crippen LogP contribution is -2.34. The highest BCUT2D eigenvalue weighted by molar-refractivity contribution is 4.75. The zero-order valence-electron chi connectivity index (χ0n) is 7.67. The van der Waals surface area contributed by atoms with Crippen molar-refractivity contribution in [2.75, 3.05) is 19.8 Å². The number of hydrogen-bond donors (Lipinski definition) is 2. The fraction of sp³-hybridized carbons (Fsp3) is 1.00. The van der Waals surface area contributed by atoms with Crippen LogP contribution in [0.1, 0.15) is 25.7 Å². The predicted octanol–water partition coefficient (Wildman–Crippen LogP) is 0.479. The Labute approximate surface area is 74.4 Å². The Morgan fingerprint density at radius 1 is 1.33 bits per heavy atom. The Morgan fingerprint density at radius 3 is 2.58 bits per heavy atom. The lowest BCUT2D eigenvalue weighted by Gasteiger charge is -2.27. The summed E-state index contributed by atoms with van der Waals surface area (Å²) in [7, 11) is 0. The summed E-state index contributed by atoms with van der Waals surface area (Å²) in [4.78, 5) is 0. The molecule has 0 aromatic carbocycles. The van der Waals surface area contributed by atoms with E-state index in [0.717, 1.165) is 45.4 Å². The molecular formula is C9H20N2O. The molecule has 12 heavy (non-hydrogen) atoms. The lowest BCUT2D eigenvalue weighted by molar-refractivity contribution is 0.0574. The second kappa shape index (κ2) is 5.51. The van der Waals surface area contributed by atoms with E-state index in [9.17, 15) is 0 Å². The van der Waals surface area contributed by atoms with Crippen LogP contribution >= 0.6 is 0 Å². The van der Waals surface area contributed by atoms with Gasteiger partial charge in [-0.15, -0.1) is 0 Å². The number of nitrogens with two attached hydrogens (primary N) is 2. The summed E-state index contributed by atoms with van der Waals surface area (Å²) >= 11 is 0. The standard InChI is InChI=1S/C9H20N2O/c10-5-1-2-9(11)8-3-6-12-7-4-8/h8-9H,1-7,10-11H2. The van der Waals surface area contributed by atoms with Gasteiger partial charge in [0.1, 0.15) is 0 Å². The first-order valence-electron chi connectivity index (χ1n) is 4.88. The van der Waals surface area contributed by atoms with Gasteiger partial charge in [0.05, 0.1) is 0 Å². The molecule has 0 saturated carbocycles. The Kier molecular flexibility index (Phi) is 4.58. The predicted molar refractivity (Wildman–Crippen MR) is 49.8 cm³/mol. The Balaban J connectivity index is 2.15. The normalized spacial score (nSPS) is 22.5. The molecule has 1 aliphatic heterocycles. The van der Waals surface area contributed by atoms with E-state index in [1.807, 2.05) is 0 Å². The van der Waals surface area contributed by atoms with E-state index in [0.29, 0.717) is 12.0 Å². The third-order valence-corrected chi connectivity index (χ3v) is 2.61. The van der Waals surface area contributed by atoms with Crippen LogP contribution in [0, 0.1) is 5.92 Å². The van der Waals surface area contributed by atoms with Crippen LogP contribution < -0.4 is 11.5 Å². The van der Waals surface area contributed by atoms with E-state index in [1.54, 1.807) is 0 Å². The second-order valence-corrected chi connectivity index (χ2v) is 3.54. The summed E-state index contributed by atoms with van der Waals surface area (Å²) < 4.78 is 5.27. The molecule has 1 unspecified atom stereocenters. The number of ether oxygens (including phenoxy) is 1. The molecule has 0 spiro atoms. The Morgan fingerprint density at radius 2 is 2.00 bits per heavy atom. The summed E-state index contributed by atoms with van der Waals surface area (Å²) in [5.74, 6) is 0.672. The highest BCUT2D eigenvalue weighted by Gasteiger charge is 2.19. The van der Waals surface area contributed by atoms with Crippen LogP contribution in [0.4, 0.5) is 0 Å². The first-order chi connectivity index (χ1) is 5.84. The molecule has 0 radical (unpaired) electrons. The molecule has 1 fully saturated rings. The molecule has 0 amide bonds. The molecule has 1 rings (SSSR count). The van der Waals surface area contributed by atoms with Crippen molar-refractivity contribution in [3.8, 4) is 0 Å². The third-order valence-electron chi connectivity index (χ3n) is 2.61. The van der Waals surface area contributed by atoms with Gasteiger partial charge in [0.25, 0.3) is 0 Å². The summed E-state index contributed by atoms with van der Waals surface area (Å²) in [5, 5.41) is 0. The summed E-state index contributed by atoms with van der Waals surface area (Å²) in [5.41, 5.74) is 11.4. The van der Waals surface area contributed by atoms with E-state index in [4.69, 9.17) is 16.2 Å². The van der Waals surface area contributed by atoms with Gasteiger partial charge in [0.15, 0.2) is 0 Å². The van der Waals surface area contributed by atoms with Gasteiger partial charge in [-0.05, 0) is 38.1 Å². The van der Waals surface area contributed by atoms with Crippen LogP contribution in [0.3, 0.4) is 0 Å². The van der Waals surface area contributed by atoms with E-state index < -0.39 is 0 Å². The van der Waals surface area contributed by atoms with E-state index in [1.165, 1.54) is 0 Å². The minimum atomic E-state index is 0.345. The Bertz CT molecular complexity index is 113. The summed E-state index contributed by atoms with van der Waals surface area (Å²) in [6.45, 7) is 2.54. The molecule has 72 valence electrons. The molecular weight excluding hydrogens is 152 g/mol. The van der Waals surface area contributed by atoms with Crippen LogP contribution in [0.15, 0.2) is 0 Å².